The normalized spacial score (nSPS) is 19.0. The van der Waals surface area contributed by atoms with Crippen molar-refractivity contribution in [3.63, 3.8) is 0 Å². The van der Waals surface area contributed by atoms with Crippen molar-refractivity contribution in [2.45, 2.75) is 19.4 Å². The Labute approximate surface area is 173 Å². The molecule has 5 rings (SSSR count). The third-order valence-corrected chi connectivity index (χ3v) is 5.33. The maximum atomic E-state index is 11.4. The third-order valence-electron chi connectivity index (χ3n) is 5.33. The van der Waals surface area contributed by atoms with Crippen LogP contribution in [0.4, 0.5) is 0 Å². The second-order valence-electron chi connectivity index (χ2n) is 7.30. The van der Waals surface area contributed by atoms with E-state index in [0.717, 1.165) is 16.7 Å². The van der Waals surface area contributed by atoms with Crippen LogP contribution in [0.15, 0.2) is 72.5 Å². The van der Waals surface area contributed by atoms with Crippen molar-refractivity contribution in [1.82, 2.24) is 0 Å². The van der Waals surface area contributed by atoms with E-state index < -0.39 is 17.5 Å². The van der Waals surface area contributed by atoms with Gasteiger partial charge < -0.3 is 18.9 Å². The van der Waals surface area contributed by atoms with Gasteiger partial charge in [0.15, 0.2) is 5.60 Å². The summed E-state index contributed by atoms with van der Waals surface area (Å²) in [5, 5.41) is 0. The van der Waals surface area contributed by atoms with Gasteiger partial charge >= 0.3 is 11.9 Å². The Morgan fingerprint density at radius 1 is 0.900 bits per heavy atom. The average Bonchev–Trinajstić information content (AvgIpc) is 3.07. The number of allylic oxidation sites excluding steroid dienone is 3. The number of carbonyl (C=O) groups is 2. The standard InChI is InChI=1S/C24H18O6/c1-14(25)28-17-7-9-20-22(11-17)30-23-12-18(29-15(2)26)8-10-21(23)24(20)19-6-4-3-5-16(19)13-27-24/h3-13,19H,1-2H3. The van der Waals surface area contributed by atoms with Crippen LogP contribution in [0.25, 0.3) is 0 Å². The van der Waals surface area contributed by atoms with Crippen LogP contribution in [0.5, 0.6) is 23.0 Å². The van der Waals surface area contributed by atoms with Crippen LogP contribution in [-0.4, -0.2) is 11.9 Å². The van der Waals surface area contributed by atoms with Crippen molar-refractivity contribution in [2.24, 2.45) is 5.92 Å². The third kappa shape index (κ3) is 2.72. The maximum Gasteiger partial charge on any atom is 0.308 e. The van der Waals surface area contributed by atoms with Crippen molar-refractivity contribution in [1.29, 1.82) is 0 Å². The van der Waals surface area contributed by atoms with Crippen LogP contribution in [0.1, 0.15) is 25.0 Å². The van der Waals surface area contributed by atoms with Crippen LogP contribution < -0.4 is 14.2 Å². The van der Waals surface area contributed by atoms with Crippen LogP contribution in [0, 0.1) is 5.92 Å². The van der Waals surface area contributed by atoms with Crippen LogP contribution in [-0.2, 0) is 19.9 Å². The van der Waals surface area contributed by atoms with Gasteiger partial charge in [-0.25, -0.2) is 0 Å². The Morgan fingerprint density at radius 2 is 1.50 bits per heavy atom. The molecule has 1 atom stereocenters. The molecule has 0 fully saturated rings. The van der Waals surface area contributed by atoms with Crippen molar-refractivity contribution >= 4 is 11.9 Å². The summed E-state index contributed by atoms with van der Waals surface area (Å²) in [5.74, 6) is 0.877. The largest absolute Gasteiger partial charge is 0.484 e. The SMILES string of the molecule is CC(=O)Oc1ccc2c(c1)Oc1cc(OC(C)=O)ccc1C21OC=C2C=CC=CC21. The molecule has 1 aliphatic carbocycles. The average molecular weight is 402 g/mol. The lowest BCUT2D eigenvalue weighted by Gasteiger charge is -2.40. The molecule has 1 spiro atoms. The molecule has 6 heteroatoms. The molecule has 0 amide bonds. The van der Waals surface area contributed by atoms with Crippen LogP contribution in [0.2, 0.25) is 0 Å². The van der Waals surface area contributed by atoms with E-state index in [-0.39, 0.29) is 5.92 Å². The van der Waals surface area contributed by atoms with E-state index in [1.165, 1.54) is 13.8 Å². The summed E-state index contributed by atoms with van der Waals surface area (Å²) in [6.07, 6.45) is 9.85. The summed E-state index contributed by atoms with van der Waals surface area (Å²) in [6, 6.07) is 10.5. The van der Waals surface area contributed by atoms with Crippen LogP contribution >= 0.6 is 0 Å². The minimum absolute atomic E-state index is 0.0666. The van der Waals surface area contributed by atoms with E-state index in [9.17, 15) is 9.59 Å². The number of fused-ring (bicyclic) bond motifs is 6. The summed E-state index contributed by atoms with van der Waals surface area (Å²) in [6.45, 7) is 2.69. The van der Waals surface area contributed by atoms with Gasteiger partial charge in [-0.3, -0.25) is 9.59 Å². The predicted octanol–water partition coefficient (Wildman–Crippen LogP) is 4.54. The molecule has 1 unspecified atom stereocenters. The summed E-state index contributed by atoms with van der Waals surface area (Å²) in [5.41, 5.74) is 1.84. The molecule has 3 aliphatic rings. The molecule has 2 aromatic carbocycles. The van der Waals surface area contributed by atoms with Gasteiger partial charge in [0, 0.05) is 37.1 Å². The number of carbonyl (C=O) groups excluding carboxylic acids is 2. The zero-order chi connectivity index (χ0) is 20.9. The van der Waals surface area contributed by atoms with Crippen molar-refractivity contribution in [2.75, 3.05) is 0 Å². The maximum absolute atomic E-state index is 11.4. The van der Waals surface area contributed by atoms with Crippen LogP contribution in [0.3, 0.4) is 0 Å². The minimum Gasteiger partial charge on any atom is -0.484 e. The Balaban J connectivity index is 1.69. The van der Waals surface area contributed by atoms with Crippen molar-refractivity contribution in [3.8, 4) is 23.0 Å². The van der Waals surface area contributed by atoms with Gasteiger partial charge in [0.25, 0.3) is 0 Å². The fourth-order valence-electron chi connectivity index (χ4n) is 4.25. The van der Waals surface area contributed by atoms with E-state index in [1.54, 1.807) is 30.5 Å². The summed E-state index contributed by atoms with van der Waals surface area (Å²) >= 11 is 0. The van der Waals surface area contributed by atoms with Crippen molar-refractivity contribution in [3.05, 3.63) is 83.7 Å². The Morgan fingerprint density at radius 3 is 2.07 bits per heavy atom. The number of benzene rings is 2. The molecular formula is C24H18O6. The van der Waals surface area contributed by atoms with Crippen molar-refractivity contribution < 1.29 is 28.5 Å². The lowest BCUT2D eigenvalue weighted by Crippen LogP contribution is -2.37. The summed E-state index contributed by atoms with van der Waals surface area (Å²) in [4.78, 5) is 22.8. The predicted molar refractivity (Wildman–Crippen MR) is 107 cm³/mol. The Bertz CT molecular complexity index is 1100. The van der Waals surface area contributed by atoms with E-state index in [4.69, 9.17) is 18.9 Å². The first-order valence-electron chi connectivity index (χ1n) is 9.54. The first-order chi connectivity index (χ1) is 14.5. The zero-order valence-electron chi connectivity index (χ0n) is 16.4. The fourth-order valence-corrected chi connectivity index (χ4v) is 4.25. The van der Waals surface area contributed by atoms with E-state index in [2.05, 4.69) is 6.08 Å². The minimum atomic E-state index is -0.844. The Kier molecular flexibility index (Phi) is 4.03. The molecule has 2 aromatic rings. The summed E-state index contributed by atoms with van der Waals surface area (Å²) in [7, 11) is 0. The zero-order valence-corrected chi connectivity index (χ0v) is 16.4. The molecule has 0 bridgehead atoms. The molecule has 0 radical (unpaired) electrons. The molecule has 2 heterocycles. The van der Waals surface area contributed by atoms with E-state index in [0.29, 0.717) is 23.0 Å². The van der Waals surface area contributed by atoms with E-state index in [1.807, 2.05) is 30.4 Å². The molecule has 0 N–H and O–H groups in total. The fraction of sp³-hybridized carbons (Fsp3) is 0.167. The number of hydrogen-bond acceptors (Lipinski definition) is 6. The topological polar surface area (TPSA) is 71.1 Å². The molecule has 6 nitrogen and oxygen atoms in total. The van der Waals surface area contributed by atoms with Gasteiger partial charge in [-0.15, -0.1) is 0 Å². The van der Waals surface area contributed by atoms with Gasteiger partial charge in [0.1, 0.15) is 23.0 Å². The highest BCUT2D eigenvalue weighted by Gasteiger charge is 2.53. The quantitative estimate of drug-likeness (QED) is 0.542. The lowest BCUT2D eigenvalue weighted by atomic mass is 9.71. The highest BCUT2D eigenvalue weighted by molar-refractivity contribution is 5.71. The van der Waals surface area contributed by atoms with Gasteiger partial charge in [-0.1, -0.05) is 24.3 Å². The molecule has 2 aliphatic heterocycles. The van der Waals surface area contributed by atoms with Gasteiger partial charge in [0.2, 0.25) is 0 Å². The second-order valence-corrected chi connectivity index (χ2v) is 7.30. The lowest BCUT2D eigenvalue weighted by molar-refractivity contribution is -0.132. The highest BCUT2D eigenvalue weighted by Crippen LogP contribution is 2.58. The van der Waals surface area contributed by atoms with E-state index >= 15 is 0 Å². The van der Waals surface area contributed by atoms with Gasteiger partial charge in [0.05, 0.1) is 12.2 Å². The number of hydrogen-bond donors (Lipinski definition) is 0. The van der Waals surface area contributed by atoms with Gasteiger partial charge in [-0.2, -0.15) is 0 Å². The monoisotopic (exact) mass is 402 g/mol. The first-order valence-corrected chi connectivity index (χ1v) is 9.54. The highest BCUT2D eigenvalue weighted by atomic mass is 16.5. The number of esters is 2. The summed E-state index contributed by atoms with van der Waals surface area (Å²) < 4.78 is 23.0. The second kappa shape index (κ2) is 6.62. The first kappa shape index (κ1) is 18.2. The smallest absolute Gasteiger partial charge is 0.308 e. The number of ether oxygens (including phenoxy) is 4. The molecule has 30 heavy (non-hydrogen) atoms. The molecular weight excluding hydrogens is 384 g/mol. The molecule has 0 saturated carbocycles. The van der Waals surface area contributed by atoms with Gasteiger partial charge in [-0.05, 0) is 29.8 Å². The molecule has 0 saturated heterocycles. The molecule has 150 valence electrons. The number of rotatable bonds is 2. The molecule has 0 aromatic heterocycles. The Hall–Kier alpha value is -3.80.